The number of benzene rings is 1. The Bertz CT molecular complexity index is 479. The van der Waals surface area contributed by atoms with Crippen molar-refractivity contribution in [3.8, 4) is 0 Å². The van der Waals surface area contributed by atoms with Crippen molar-refractivity contribution in [1.29, 1.82) is 0 Å². The molecule has 0 aliphatic rings. The van der Waals surface area contributed by atoms with Gasteiger partial charge in [-0.25, -0.2) is 4.79 Å². The first-order valence-electron chi connectivity index (χ1n) is 6.35. The summed E-state index contributed by atoms with van der Waals surface area (Å²) in [5.74, 6) is -0.582. The van der Waals surface area contributed by atoms with Crippen molar-refractivity contribution in [2.45, 2.75) is 20.0 Å². The predicted molar refractivity (Wildman–Crippen MR) is 77.2 cm³/mol. The Kier molecular flexibility index (Phi) is 6.46. The normalized spacial score (nSPS) is 12.2. The number of nitrogens with one attached hydrogen (secondary N) is 1. The lowest BCUT2D eigenvalue weighted by atomic mass is 10.2. The van der Waals surface area contributed by atoms with Crippen molar-refractivity contribution in [2.24, 2.45) is 0 Å². The van der Waals surface area contributed by atoms with Gasteiger partial charge in [-0.3, -0.25) is 4.79 Å². The third-order valence-electron chi connectivity index (χ3n) is 2.60. The van der Waals surface area contributed by atoms with Crippen LogP contribution in [0.15, 0.2) is 30.3 Å². The molecular formula is C15H19NO4. The number of carbonyl (C=O) groups excluding carboxylic acids is 2. The Morgan fingerprint density at radius 2 is 1.95 bits per heavy atom. The maximum absolute atomic E-state index is 11.6. The van der Waals surface area contributed by atoms with Gasteiger partial charge in [-0.05, 0) is 37.6 Å². The van der Waals surface area contributed by atoms with Crippen molar-refractivity contribution in [1.82, 2.24) is 0 Å². The molecule has 1 aromatic rings. The van der Waals surface area contributed by atoms with Gasteiger partial charge in [0.15, 0.2) is 0 Å². The summed E-state index contributed by atoms with van der Waals surface area (Å²) >= 11 is 0. The van der Waals surface area contributed by atoms with E-state index in [0.717, 1.165) is 5.56 Å². The van der Waals surface area contributed by atoms with E-state index in [1.807, 2.05) is 0 Å². The van der Waals surface area contributed by atoms with Crippen LogP contribution in [0.4, 0.5) is 5.69 Å². The Morgan fingerprint density at radius 3 is 2.50 bits per heavy atom. The minimum Gasteiger partial charge on any atom is -0.463 e. The van der Waals surface area contributed by atoms with Crippen molar-refractivity contribution >= 4 is 23.6 Å². The van der Waals surface area contributed by atoms with E-state index in [0.29, 0.717) is 12.3 Å². The van der Waals surface area contributed by atoms with Crippen LogP contribution in [0.25, 0.3) is 6.08 Å². The third kappa shape index (κ3) is 5.24. The van der Waals surface area contributed by atoms with Crippen LogP contribution in [0.3, 0.4) is 0 Å². The van der Waals surface area contributed by atoms with Gasteiger partial charge in [0.05, 0.1) is 6.61 Å². The lowest BCUT2D eigenvalue weighted by Gasteiger charge is -2.10. The standard InChI is InChI=1S/C15H19NO4/c1-4-20-14(17)10-7-12-5-8-13(9-6-12)16-15(18)11(2)19-3/h5-11H,4H2,1-3H3,(H,16,18). The molecule has 5 heteroatoms. The molecule has 0 bridgehead atoms. The van der Waals surface area contributed by atoms with E-state index >= 15 is 0 Å². The average molecular weight is 277 g/mol. The summed E-state index contributed by atoms with van der Waals surface area (Å²) in [6.45, 7) is 3.78. The lowest BCUT2D eigenvalue weighted by Crippen LogP contribution is -2.26. The topological polar surface area (TPSA) is 64.6 Å². The van der Waals surface area contributed by atoms with Crippen LogP contribution in [-0.4, -0.2) is 31.7 Å². The Morgan fingerprint density at radius 1 is 1.30 bits per heavy atom. The Hall–Kier alpha value is -2.14. The van der Waals surface area contributed by atoms with Gasteiger partial charge in [-0.15, -0.1) is 0 Å². The summed E-state index contributed by atoms with van der Waals surface area (Å²) in [5, 5.41) is 2.73. The summed E-state index contributed by atoms with van der Waals surface area (Å²) in [7, 11) is 1.48. The van der Waals surface area contributed by atoms with E-state index < -0.39 is 6.10 Å². The smallest absolute Gasteiger partial charge is 0.330 e. The first-order chi connectivity index (χ1) is 9.56. The third-order valence-corrected chi connectivity index (χ3v) is 2.60. The summed E-state index contributed by atoms with van der Waals surface area (Å²) < 4.78 is 9.70. The SMILES string of the molecule is CCOC(=O)C=Cc1ccc(NC(=O)C(C)OC)cc1. The van der Waals surface area contributed by atoms with E-state index in [9.17, 15) is 9.59 Å². The second kappa shape index (κ2) is 8.12. The quantitative estimate of drug-likeness (QED) is 0.639. The highest BCUT2D eigenvalue weighted by Gasteiger charge is 2.10. The van der Waals surface area contributed by atoms with E-state index in [1.54, 1.807) is 44.2 Å². The molecule has 0 aromatic heterocycles. The molecule has 0 aliphatic carbocycles. The minimum atomic E-state index is -0.501. The van der Waals surface area contributed by atoms with Gasteiger partial charge in [0, 0.05) is 18.9 Å². The van der Waals surface area contributed by atoms with Crippen LogP contribution >= 0.6 is 0 Å². The fraction of sp³-hybridized carbons (Fsp3) is 0.333. The maximum Gasteiger partial charge on any atom is 0.330 e. The van der Waals surface area contributed by atoms with Crippen LogP contribution in [0.2, 0.25) is 0 Å². The van der Waals surface area contributed by atoms with E-state index in [2.05, 4.69) is 5.32 Å². The molecule has 0 saturated carbocycles. The molecular weight excluding hydrogens is 258 g/mol. The summed E-state index contributed by atoms with van der Waals surface area (Å²) in [6.07, 6.45) is 2.52. The number of esters is 1. The molecule has 1 atom stereocenters. The van der Waals surface area contributed by atoms with Crippen molar-refractivity contribution in [3.05, 3.63) is 35.9 Å². The number of amides is 1. The summed E-state index contributed by atoms with van der Waals surface area (Å²) in [5.41, 5.74) is 1.52. The zero-order chi connectivity index (χ0) is 15.0. The van der Waals surface area contributed by atoms with Gasteiger partial charge in [0.25, 0.3) is 5.91 Å². The predicted octanol–water partition coefficient (Wildman–Crippen LogP) is 2.24. The molecule has 1 amide bonds. The zero-order valence-corrected chi connectivity index (χ0v) is 11.9. The molecule has 0 fully saturated rings. The van der Waals surface area contributed by atoms with E-state index in [1.165, 1.54) is 13.2 Å². The Labute approximate surface area is 118 Å². The van der Waals surface area contributed by atoms with Crippen molar-refractivity contribution in [2.75, 3.05) is 19.0 Å². The molecule has 20 heavy (non-hydrogen) atoms. The second-order valence-corrected chi connectivity index (χ2v) is 4.07. The van der Waals surface area contributed by atoms with Gasteiger partial charge in [-0.2, -0.15) is 0 Å². The second-order valence-electron chi connectivity index (χ2n) is 4.07. The van der Waals surface area contributed by atoms with Gasteiger partial charge in [0.2, 0.25) is 0 Å². The molecule has 1 rings (SSSR count). The number of anilines is 1. The van der Waals surface area contributed by atoms with E-state index in [-0.39, 0.29) is 11.9 Å². The minimum absolute atomic E-state index is 0.206. The largest absolute Gasteiger partial charge is 0.463 e. The van der Waals surface area contributed by atoms with Crippen molar-refractivity contribution in [3.63, 3.8) is 0 Å². The van der Waals surface area contributed by atoms with Crippen LogP contribution in [0, 0.1) is 0 Å². The monoisotopic (exact) mass is 277 g/mol. The van der Waals surface area contributed by atoms with Crippen LogP contribution in [0.5, 0.6) is 0 Å². The first kappa shape index (κ1) is 15.9. The Balaban J connectivity index is 2.60. The molecule has 108 valence electrons. The molecule has 0 saturated heterocycles. The van der Waals surface area contributed by atoms with Gasteiger partial charge in [0.1, 0.15) is 6.10 Å². The van der Waals surface area contributed by atoms with Crippen LogP contribution in [0.1, 0.15) is 19.4 Å². The lowest BCUT2D eigenvalue weighted by molar-refractivity contribution is -0.137. The molecule has 0 aliphatic heterocycles. The zero-order valence-electron chi connectivity index (χ0n) is 11.9. The van der Waals surface area contributed by atoms with E-state index in [4.69, 9.17) is 9.47 Å². The number of hydrogen-bond donors (Lipinski definition) is 1. The fourth-order valence-electron chi connectivity index (χ4n) is 1.38. The fourth-order valence-corrected chi connectivity index (χ4v) is 1.38. The molecule has 1 aromatic carbocycles. The molecule has 5 nitrogen and oxygen atoms in total. The number of methoxy groups -OCH3 is 1. The van der Waals surface area contributed by atoms with Gasteiger partial charge in [-0.1, -0.05) is 12.1 Å². The average Bonchev–Trinajstić information content (AvgIpc) is 2.46. The van der Waals surface area contributed by atoms with Gasteiger partial charge >= 0.3 is 5.97 Å². The maximum atomic E-state index is 11.6. The number of rotatable bonds is 6. The highest BCUT2D eigenvalue weighted by molar-refractivity contribution is 5.94. The number of ether oxygens (including phenoxy) is 2. The molecule has 0 radical (unpaired) electrons. The summed E-state index contributed by atoms with van der Waals surface area (Å²) in [6, 6.07) is 7.10. The van der Waals surface area contributed by atoms with Crippen molar-refractivity contribution < 1.29 is 19.1 Å². The summed E-state index contributed by atoms with van der Waals surface area (Å²) in [4.78, 5) is 22.8. The molecule has 0 heterocycles. The highest BCUT2D eigenvalue weighted by Crippen LogP contribution is 2.11. The van der Waals surface area contributed by atoms with Crippen LogP contribution in [-0.2, 0) is 19.1 Å². The van der Waals surface area contributed by atoms with Crippen LogP contribution < -0.4 is 5.32 Å². The molecule has 1 N–H and O–H groups in total. The first-order valence-corrected chi connectivity index (χ1v) is 6.35. The number of hydrogen-bond acceptors (Lipinski definition) is 4. The highest BCUT2D eigenvalue weighted by atomic mass is 16.5. The molecule has 0 spiro atoms. The molecule has 1 unspecified atom stereocenters. The van der Waals surface area contributed by atoms with Gasteiger partial charge < -0.3 is 14.8 Å². The number of carbonyl (C=O) groups is 2.